The Balaban J connectivity index is 1.60. The number of ether oxygens (including phenoxy) is 1. The molecule has 2 aromatic carbocycles. The summed E-state index contributed by atoms with van der Waals surface area (Å²) in [6.07, 6.45) is 3.53. The lowest BCUT2D eigenvalue weighted by Crippen LogP contribution is -2.40. The van der Waals surface area contributed by atoms with Gasteiger partial charge in [0.25, 0.3) is 0 Å². The highest BCUT2D eigenvalue weighted by atomic mass is 16.5. The molecule has 33 heavy (non-hydrogen) atoms. The smallest absolute Gasteiger partial charge is 0.223 e. The monoisotopic (exact) mass is 443 g/mol. The molecule has 0 bridgehead atoms. The Morgan fingerprint density at radius 2 is 1.45 bits per heavy atom. The van der Waals surface area contributed by atoms with Crippen molar-refractivity contribution in [1.82, 2.24) is 4.90 Å². The minimum absolute atomic E-state index is 0.0481. The van der Waals surface area contributed by atoms with Gasteiger partial charge in [0.1, 0.15) is 5.92 Å². The average Bonchev–Trinajstić information content (AvgIpc) is 2.88. The molecule has 0 spiro atoms. The lowest BCUT2D eigenvalue weighted by Gasteiger charge is -2.27. The molecular formula is C27H25NO5. The standard InChI is InChI=1S/C27H25NO5/c29-23(28-15-17-33-18-16-28)14-12-21-11-13-22(25(30)19-7-3-1-4-8-19)24(27(21)32)26(31)20-9-5-2-6-10-20/h1-11,13,24H,12,14-18H2. The van der Waals surface area contributed by atoms with E-state index in [1.807, 2.05) is 0 Å². The molecule has 2 aliphatic rings. The van der Waals surface area contributed by atoms with Gasteiger partial charge < -0.3 is 9.64 Å². The number of nitrogens with zero attached hydrogens (tertiary/aromatic N) is 1. The SMILES string of the molecule is O=C(C1=CC=C(CCC(=O)N2CCOCC2)C(=O)C1C(=O)c1ccccc1)c1ccccc1. The third kappa shape index (κ3) is 5.07. The molecule has 0 N–H and O–H groups in total. The van der Waals surface area contributed by atoms with Crippen molar-refractivity contribution in [1.29, 1.82) is 0 Å². The average molecular weight is 443 g/mol. The summed E-state index contributed by atoms with van der Waals surface area (Å²) in [6.45, 7) is 2.09. The van der Waals surface area contributed by atoms with Crippen molar-refractivity contribution in [3.8, 4) is 0 Å². The minimum atomic E-state index is -1.22. The molecule has 0 aromatic heterocycles. The molecule has 1 aliphatic heterocycles. The fourth-order valence-corrected chi connectivity index (χ4v) is 4.11. The van der Waals surface area contributed by atoms with Crippen molar-refractivity contribution in [2.75, 3.05) is 26.3 Å². The van der Waals surface area contributed by atoms with Crippen molar-refractivity contribution < 1.29 is 23.9 Å². The molecule has 1 saturated heterocycles. The lowest BCUT2D eigenvalue weighted by atomic mass is 9.77. The molecule has 1 fully saturated rings. The first-order valence-electron chi connectivity index (χ1n) is 11.1. The van der Waals surface area contributed by atoms with Crippen LogP contribution in [0.5, 0.6) is 0 Å². The molecule has 1 aliphatic carbocycles. The van der Waals surface area contributed by atoms with Crippen LogP contribution in [0.3, 0.4) is 0 Å². The highest BCUT2D eigenvalue weighted by Gasteiger charge is 2.38. The van der Waals surface area contributed by atoms with Crippen LogP contribution in [0.1, 0.15) is 33.6 Å². The summed E-state index contributed by atoms with van der Waals surface area (Å²) in [5.41, 5.74) is 1.33. The second-order valence-electron chi connectivity index (χ2n) is 8.03. The van der Waals surface area contributed by atoms with Crippen LogP contribution in [0.2, 0.25) is 0 Å². The van der Waals surface area contributed by atoms with Gasteiger partial charge >= 0.3 is 0 Å². The predicted molar refractivity (Wildman–Crippen MR) is 123 cm³/mol. The maximum atomic E-state index is 13.4. The Labute approximate surface area is 192 Å². The number of carbonyl (C=O) groups excluding carboxylic acids is 4. The van der Waals surface area contributed by atoms with Crippen molar-refractivity contribution in [2.45, 2.75) is 12.8 Å². The third-order valence-corrected chi connectivity index (χ3v) is 5.94. The van der Waals surface area contributed by atoms with E-state index in [1.54, 1.807) is 77.7 Å². The number of hydrogen-bond acceptors (Lipinski definition) is 5. The zero-order chi connectivity index (χ0) is 23.2. The van der Waals surface area contributed by atoms with Crippen LogP contribution >= 0.6 is 0 Å². The van der Waals surface area contributed by atoms with Crippen molar-refractivity contribution >= 4 is 23.3 Å². The normalized spacial score (nSPS) is 18.4. The Kier molecular flexibility index (Phi) is 7.05. The molecule has 4 rings (SSSR count). The summed E-state index contributed by atoms with van der Waals surface area (Å²) in [7, 11) is 0. The van der Waals surface area contributed by atoms with Crippen LogP contribution in [0.4, 0.5) is 0 Å². The van der Waals surface area contributed by atoms with E-state index in [0.717, 1.165) is 0 Å². The van der Waals surface area contributed by atoms with Gasteiger partial charge in [0, 0.05) is 36.2 Å². The van der Waals surface area contributed by atoms with Crippen molar-refractivity contribution in [2.24, 2.45) is 5.92 Å². The van der Waals surface area contributed by atoms with Crippen LogP contribution in [-0.4, -0.2) is 54.5 Å². The molecule has 1 unspecified atom stereocenters. The zero-order valence-electron chi connectivity index (χ0n) is 18.2. The second-order valence-corrected chi connectivity index (χ2v) is 8.03. The van der Waals surface area contributed by atoms with Gasteiger partial charge in [-0.25, -0.2) is 0 Å². The Morgan fingerprint density at radius 1 is 0.848 bits per heavy atom. The van der Waals surface area contributed by atoms with Crippen LogP contribution in [0.15, 0.2) is 84.0 Å². The van der Waals surface area contributed by atoms with E-state index in [1.165, 1.54) is 0 Å². The van der Waals surface area contributed by atoms with Crippen LogP contribution < -0.4 is 0 Å². The largest absolute Gasteiger partial charge is 0.378 e. The van der Waals surface area contributed by atoms with E-state index < -0.39 is 17.5 Å². The molecular weight excluding hydrogens is 418 g/mol. The number of ketones is 3. The van der Waals surface area contributed by atoms with Gasteiger partial charge in [-0.3, -0.25) is 19.2 Å². The Morgan fingerprint density at radius 3 is 2.09 bits per heavy atom. The first-order valence-corrected chi connectivity index (χ1v) is 11.1. The van der Waals surface area contributed by atoms with E-state index >= 15 is 0 Å². The summed E-state index contributed by atoms with van der Waals surface area (Å²) in [4.78, 5) is 54.3. The van der Waals surface area contributed by atoms with E-state index in [0.29, 0.717) is 43.0 Å². The molecule has 0 radical (unpaired) electrons. The maximum absolute atomic E-state index is 13.4. The predicted octanol–water partition coefficient (Wildman–Crippen LogP) is 3.44. The minimum Gasteiger partial charge on any atom is -0.378 e. The molecule has 1 heterocycles. The van der Waals surface area contributed by atoms with E-state index in [2.05, 4.69) is 0 Å². The third-order valence-electron chi connectivity index (χ3n) is 5.94. The Bertz CT molecular complexity index is 1110. The first kappa shape index (κ1) is 22.6. The van der Waals surface area contributed by atoms with Gasteiger partial charge in [-0.05, 0) is 12.0 Å². The second kappa shape index (κ2) is 10.3. The van der Waals surface area contributed by atoms with Gasteiger partial charge in [0.05, 0.1) is 13.2 Å². The fourth-order valence-electron chi connectivity index (χ4n) is 4.11. The highest BCUT2D eigenvalue weighted by molar-refractivity contribution is 6.26. The van der Waals surface area contributed by atoms with Crippen molar-refractivity contribution in [3.05, 3.63) is 95.1 Å². The highest BCUT2D eigenvalue weighted by Crippen LogP contribution is 2.30. The summed E-state index contributed by atoms with van der Waals surface area (Å²) in [5, 5.41) is 0. The van der Waals surface area contributed by atoms with Crippen molar-refractivity contribution in [3.63, 3.8) is 0 Å². The molecule has 6 heteroatoms. The number of amides is 1. The van der Waals surface area contributed by atoms with Crippen LogP contribution in [0.25, 0.3) is 0 Å². The van der Waals surface area contributed by atoms with E-state index in [-0.39, 0.29) is 30.1 Å². The molecule has 168 valence electrons. The zero-order valence-corrected chi connectivity index (χ0v) is 18.2. The molecule has 6 nitrogen and oxygen atoms in total. The first-order chi connectivity index (χ1) is 16.1. The van der Waals surface area contributed by atoms with Gasteiger partial charge in [0.2, 0.25) is 5.91 Å². The van der Waals surface area contributed by atoms with E-state index in [9.17, 15) is 19.2 Å². The quantitative estimate of drug-likeness (QED) is 0.484. The molecule has 2 aromatic rings. The summed E-state index contributed by atoms with van der Waals surface area (Å²) in [5.74, 6) is -2.45. The number of benzene rings is 2. The topological polar surface area (TPSA) is 80.8 Å². The summed E-state index contributed by atoms with van der Waals surface area (Å²) in [6, 6.07) is 17.1. The number of Topliss-reactive ketones (excluding diaryl/α,β-unsaturated/α-hetero) is 3. The van der Waals surface area contributed by atoms with E-state index in [4.69, 9.17) is 4.74 Å². The summed E-state index contributed by atoms with van der Waals surface area (Å²) >= 11 is 0. The number of hydrogen-bond donors (Lipinski definition) is 0. The van der Waals surface area contributed by atoms with Gasteiger partial charge in [0.15, 0.2) is 17.3 Å². The van der Waals surface area contributed by atoms with Gasteiger partial charge in [-0.2, -0.15) is 0 Å². The van der Waals surface area contributed by atoms with Crippen LogP contribution in [-0.2, 0) is 14.3 Å². The summed E-state index contributed by atoms with van der Waals surface area (Å²) < 4.78 is 5.28. The molecule has 0 saturated carbocycles. The number of allylic oxidation sites excluding steroid dienone is 4. The van der Waals surface area contributed by atoms with Crippen LogP contribution in [0, 0.1) is 5.92 Å². The Hall–Kier alpha value is -3.64. The van der Waals surface area contributed by atoms with Gasteiger partial charge in [-0.15, -0.1) is 0 Å². The number of morpholine rings is 1. The molecule has 1 amide bonds. The number of rotatable bonds is 7. The van der Waals surface area contributed by atoms with Gasteiger partial charge in [-0.1, -0.05) is 72.8 Å². The fraction of sp³-hybridized carbons (Fsp3) is 0.259. The lowest BCUT2D eigenvalue weighted by molar-refractivity contribution is -0.135. The maximum Gasteiger partial charge on any atom is 0.223 e. The number of carbonyl (C=O) groups is 4. The molecule has 1 atom stereocenters.